The van der Waals surface area contributed by atoms with Crippen LogP contribution >= 0.6 is 0 Å². The second kappa shape index (κ2) is 9.23. The van der Waals surface area contributed by atoms with Gasteiger partial charge in [0.15, 0.2) is 5.65 Å². The lowest BCUT2D eigenvalue weighted by molar-refractivity contribution is -0.250. The zero-order chi connectivity index (χ0) is 27.4. The third kappa shape index (κ3) is 4.78. The van der Waals surface area contributed by atoms with E-state index in [0.717, 1.165) is 16.9 Å². The number of hydrogen-bond donors (Lipinski definition) is 1. The predicted octanol–water partition coefficient (Wildman–Crippen LogP) is 5.48. The van der Waals surface area contributed by atoms with Gasteiger partial charge in [-0.2, -0.15) is 18.2 Å². The summed E-state index contributed by atoms with van der Waals surface area (Å²) in [5.41, 5.74) is 3.87. The van der Waals surface area contributed by atoms with Crippen LogP contribution < -0.4 is 10.9 Å². The largest absolute Gasteiger partial charge is 0.460 e. The number of aromatic nitrogens is 5. The maximum atomic E-state index is 13.3. The molecule has 0 radical (unpaired) electrons. The van der Waals surface area contributed by atoms with Crippen molar-refractivity contribution in [3.8, 4) is 5.69 Å². The molecule has 0 spiro atoms. The lowest BCUT2D eigenvalue weighted by atomic mass is 9.91. The second-order valence-corrected chi connectivity index (χ2v) is 10.9. The highest BCUT2D eigenvalue weighted by atomic mass is 19.4. The molecule has 0 atom stereocenters. The van der Waals surface area contributed by atoms with E-state index in [0.29, 0.717) is 33.6 Å². The molecule has 0 aliphatic carbocycles. The molecule has 0 saturated heterocycles. The zero-order valence-corrected chi connectivity index (χ0v) is 22.0. The first kappa shape index (κ1) is 25.9. The van der Waals surface area contributed by atoms with Crippen LogP contribution in [0.25, 0.3) is 16.7 Å². The van der Waals surface area contributed by atoms with Crippen molar-refractivity contribution in [3.63, 3.8) is 0 Å². The average molecular weight is 526 g/mol. The molecule has 3 aromatic heterocycles. The number of halogens is 3. The standard InChI is InChI=1S/C27H30F3N7O/c1-16(2)36-24(38)21-14-32-25(34-23(21)37(36)20-8-10-31-22(13-20)26(3,4)5)33-19-7-6-18-15-35(27(28,29)30)11-9-17(18)12-19/h6-8,10,12-14,16H,9,11,15H2,1-5H3,(H,32,33,34). The van der Waals surface area contributed by atoms with Crippen LogP contribution in [0.2, 0.25) is 0 Å². The molecule has 1 aliphatic rings. The minimum atomic E-state index is -4.34. The predicted molar refractivity (Wildman–Crippen MR) is 140 cm³/mol. The average Bonchev–Trinajstić information content (AvgIpc) is 3.14. The molecule has 200 valence electrons. The first-order valence-corrected chi connectivity index (χ1v) is 12.5. The summed E-state index contributed by atoms with van der Waals surface area (Å²) >= 11 is 0. The molecular weight excluding hydrogens is 495 g/mol. The monoisotopic (exact) mass is 525 g/mol. The number of benzene rings is 1. The van der Waals surface area contributed by atoms with Crippen molar-refractivity contribution in [2.24, 2.45) is 0 Å². The molecular formula is C27H30F3N7O. The van der Waals surface area contributed by atoms with Gasteiger partial charge in [-0.05, 0) is 55.7 Å². The summed E-state index contributed by atoms with van der Waals surface area (Å²) in [4.78, 5) is 27.4. The zero-order valence-electron chi connectivity index (χ0n) is 22.0. The van der Waals surface area contributed by atoms with Crippen LogP contribution in [0.3, 0.4) is 0 Å². The summed E-state index contributed by atoms with van der Waals surface area (Å²) in [6.07, 6.45) is -0.820. The molecule has 8 nitrogen and oxygen atoms in total. The Kier molecular flexibility index (Phi) is 6.29. The fraction of sp³-hybridized carbons (Fsp3) is 0.407. The lowest BCUT2D eigenvalue weighted by Gasteiger charge is -2.30. The van der Waals surface area contributed by atoms with Gasteiger partial charge in [0, 0.05) is 48.3 Å². The van der Waals surface area contributed by atoms with E-state index in [1.165, 1.54) is 6.20 Å². The van der Waals surface area contributed by atoms with Crippen LogP contribution in [-0.2, 0) is 18.4 Å². The quantitative estimate of drug-likeness (QED) is 0.356. The summed E-state index contributed by atoms with van der Waals surface area (Å²) in [6.45, 7) is 9.84. The van der Waals surface area contributed by atoms with E-state index >= 15 is 0 Å². The third-order valence-electron chi connectivity index (χ3n) is 6.70. The van der Waals surface area contributed by atoms with E-state index in [-0.39, 0.29) is 36.1 Å². The van der Waals surface area contributed by atoms with Gasteiger partial charge in [-0.25, -0.2) is 19.2 Å². The number of pyridine rings is 1. The minimum absolute atomic E-state index is 0.0834. The Morgan fingerprint density at radius 2 is 1.79 bits per heavy atom. The van der Waals surface area contributed by atoms with E-state index in [1.54, 1.807) is 27.7 Å². The summed E-state index contributed by atoms with van der Waals surface area (Å²) in [5, 5.41) is 3.55. The highest BCUT2D eigenvalue weighted by molar-refractivity contribution is 5.77. The highest BCUT2D eigenvalue weighted by Crippen LogP contribution is 2.31. The number of rotatable bonds is 4. The van der Waals surface area contributed by atoms with E-state index < -0.39 is 6.30 Å². The van der Waals surface area contributed by atoms with Crippen molar-refractivity contribution in [3.05, 3.63) is 69.9 Å². The van der Waals surface area contributed by atoms with E-state index in [9.17, 15) is 18.0 Å². The second-order valence-electron chi connectivity index (χ2n) is 10.9. The Labute approximate surface area is 218 Å². The van der Waals surface area contributed by atoms with Crippen molar-refractivity contribution in [1.82, 2.24) is 29.2 Å². The maximum absolute atomic E-state index is 13.3. The van der Waals surface area contributed by atoms with Gasteiger partial charge in [0.05, 0.1) is 5.69 Å². The number of alkyl halides is 3. The minimum Gasteiger partial charge on any atom is -0.324 e. The Balaban J connectivity index is 1.54. The number of fused-ring (bicyclic) bond motifs is 2. The molecule has 0 bridgehead atoms. The molecule has 5 rings (SSSR count). The van der Waals surface area contributed by atoms with Gasteiger partial charge in [-0.3, -0.25) is 9.78 Å². The van der Waals surface area contributed by atoms with Gasteiger partial charge < -0.3 is 5.32 Å². The Hall–Kier alpha value is -3.73. The lowest BCUT2D eigenvalue weighted by Crippen LogP contribution is -2.41. The smallest absolute Gasteiger partial charge is 0.324 e. The third-order valence-corrected chi connectivity index (χ3v) is 6.70. The number of anilines is 2. The molecule has 11 heteroatoms. The normalized spacial score (nSPS) is 14.8. The molecule has 1 N–H and O–H groups in total. The number of nitrogens with one attached hydrogen (secondary N) is 1. The molecule has 4 aromatic rings. The molecule has 0 saturated carbocycles. The first-order chi connectivity index (χ1) is 17.8. The van der Waals surface area contributed by atoms with Gasteiger partial charge >= 0.3 is 6.30 Å². The fourth-order valence-electron chi connectivity index (χ4n) is 4.71. The Bertz CT molecular complexity index is 1560. The van der Waals surface area contributed by atoms with Crippen LogP contribution in [0, 0.1) is 0 Å². The van der Waals surface area contributed by atoms with Gasteiger partial charge in [-0.1, -0.05) is 26.8 Å². The van der Waals surface area contributed by atoms with Gasteiger partial charge in [0.2, 0.25) is 5.95 Å². The molecule has 38 heavy (non-hydrogen) atoms. The first-order valence-electron chi connectivity index (χ1n) is 12.5. The number of hydrogen-bond acceptors (Lipinski definition) is 6. The molecule has 0 unspecified atom stereocenters. The van der Waals surface area contributed by atoms with Crippen molar-refractivity contribution < 1.29 is 13.2 Å². The van der Waals surface area contributed by atoms with Gasteiger partial charge in [0.25, 0.3) is 5.56 Å². The van der Waals surface area contributed by atoms with Gasteiger partial charge in [0.1, 0.15) is 5.39 Å². The molecule has 0 fully saturated rings. The van der Waals surface area contributed by atoms with Crippen LogP contribution in [0.1, 0.15) is 57.5 Å². The summed E-state index contributed by atoms with van der Waals surface area (Å²) < 4.78 is 42.8. The Morgan fingerprint density at radius 1 is 1.03 bits per heavy atom. The summed E-state index contributed by atoms with van der Waals surface area (Å²) in [5.74, 6) is 0.282. The molecule has 4 heterocycles. The molecule has 1 aliphatic heterocycles. The van der Waals surface area contributed by atoms with Gasteiger partial charge in [-0.15, -0.1) is 0 Å². The molecule has 0 amide bonds. The fourth-order valence-corrected chi connectivity index (χ4v) is 4.71. The topological polar surface area (TPSA) is 80.9 Å². The van der Waals surface area contributed by atoms with Crippen molar-refractivity contribution >= 4 is 22.7 Å². The number of nitrogens with zero attached hydrogens (tertiary/aromatic N) is 6. The van der Waals surface area contributed by atoms with Crippen molar-refractivity contribution in [1.29, 1.82) is 0 Å². The van der Waals surface area contributed by atoms with Crippen molar-refractivity contribution in [2.75, 3.05) is 11.9 Å². The van der Waals surface area contributed by atoms with Crippen LogP contribution in [0.15, 0.2) is 47.5 Å². The molecule has 1 aromatic carbocycles. The maximum Gasteiger partial charge on any atom is 0.460 e. The van der Waals surface area contributed by atoms with E-state index in [4.69, 9.17) is 4.98 Å². The summed E-state index contributed by atoms with van der Waals surface area (Å²) in [6, 6.07) is 8.91. The highest BCUT2D eigenvalue weighted by Gasteiger charge is 2.38. The Morgan fingerprint density at radius 3 is 2.47 bits per heavy atom. The van der Waals surface area contributed by atoms with Crippen molar-refractivity contribution in [2.45, 2.75) is 65.3 Å². The van der Waals surface area contributed by atoms with Crippen LogP contribution in [0.5, 0.6) is 0 Å². The summed E-state index contributed by atoms with van der Waals surface area (Å²) in [7, 11) is 0. The van der Waals surface area contributed by atoms with Crippen LogP contribution in [0.4, 0.5) is 24.8 Å². The van der Waals surface area contributed by atoms with E-state index in [1.807, 2.05) is 32.0 Å². The SMILES string of the molecule is CC(C)n1c(=O)c2cnc(Nc3ccc4c(c3)CCN(C(F)(F)F)C4)nc2n1-c1ccnc(C(C)(C)C)c1. The van der Waals surface area contributed by atoms with E-state index in [2.05, 4.69) is 36.1 Å². The van der Waals surface area contributed by atoms with Crippen LogP contribution in [-0.4, -0.2) is 42.1 Å².